The lowest BCUT2D eigenvalue weighted by Crippen LogP contribution is -2.49. The summed E-state index contributed by atoms with van der Waals surface area (Å²) in [5.41, 5.74) is 3.15. The molecule has 1 amide bonds. The second kappa shape index (κ2) is 10.6. The number of hydrogen-bond donors (Lipinski definition) is 1. The average Bonchev–Trinajstić information content (AvgIpc) is 2.83. The quantitative estimate of drug-likeness (QED) is 0.447. The Morgan fingerprint density at radius 1 is 1.06 bits per heavy atom. The van der Waals surface area contributed by atoms with Crippen molar-refractivity contribution in [3.8, 4) is 5.75 Å². The summed E-state index contributed by atoms with van der Waals surface area (Å²) in [6, 6.07) is 13.5. The van der Waals surface area contributed by atoms with Gasteiger partial charge < -0.3 is 15.0 Å². The third kappa shape index (κ3) is 6.54. The average molecular weight is 499 g/mol. The highest BCUT2D eigenvalue weighted by molar-refractivity contribution is 6.03. The molecule has 2 heterocycles. The molecule has 0 radical (unpaired) electrons. The van der Waals surface area contributed by atoms with Crippen LogP contribution in [0.5, 0.6) is 5.75 Å². The predicted molar refractivity (Wildman–Crippen MR) is 136 cm³/mol. The smallest absolute Gasteiger partial charge is 0.406 e. The van der Waals surface area contributed by atoms with Crippen LogP contribution >= 0.6 is 0 Å². The Morgan fingerprint density at radius 3 is 2.39 bits per heavy atom. The van der Waals surface area contributed by atoms with Crippen LogP contribution < -0.4 is 15.0 Å². The van der Waals surface area contributed by atoms with Crippen LogP contribution in [-0.4, -0.2) is 54.4 Å². The van der Waals surface area contributed by atoms with E-state index in [4.69, 9.17) is 4.98 Å². The Labute approximate surface area is 208 Å². The van der Waals surface area contributed by atoms with E-state index in [1.165, 1.54) is 36.4 Å². The van der Waals surface area contributed by atoms with Gasteiger partial charge in [-0.2, -0.15) is 0 Å². The molecule has 0 saturated carbocycles. The molecule has 0 atom stereocenters. The van der Waals surface area contributed by atoms with E-state index in [0.29, 0.717) is 17.3 Å². The van der Waals surface area contributed by atoms with E-state index < -0.39 is 6.36 Å². The molecule has 0 bridgehead atoms. The molecule has 1 saturated heterocycles. The van der Waals surface area contributed by atoms with Gasteiger partial charge in [0.05, 0.1) is 5.52 Å². The normalized spacial score (nSPS) is 15.1. The largest absolute Gasteiger partial charge is 0.573 e. The topological polar surface area (TPSA) is 57.7 Å². The lowest BCUT2D eigenvalue weighted by molar-refractivity contribution is -0.274. The number of carbonyl (C=O) groups is 1. The number of benzene rings is 2. The highest BCUT2D eigenvalue weighted by Crippen LogP contribution is 2.27. The summed E-state index contributed by atoms with van der Waals surface area (Å²) in [4.78, 5) is 22.0. The standard InChI is InChI=1S/C27H29F3N4O2/c1-18(2)33-12-14-34(15-13-33)25-16-19(3)23-17-21(7-10-24(23)32-25)31-26(35)11-6-20-4-8-22(9-5-20)36-27(28,29)30/h4-11,16-18H,12-15H2,1-3H3,(H,31,35)/b11-6+. The van der Waals surface area contributed by atoms with E-state index in [1.54, 1.807) is 0 Å². The molecule has 2 aromatic carbocycles. The minimum Gasteiger partial charge on any atom is -0.406 e. The van der Waals surface area contributed by atoms with Gasteiger partial charge in [-0.3, -0.25) is 9.69 Å². The van der Waals surface area contributed by atoms with Gasteiger partial charge in [0, 0.05) is 49.4 Å². The molecule has 0 spiro atoms. The summed E-state index contributed by atoms with van der Waals surface area (Å²) < 4.78 is 40.7. The van der Waals surface area contributed by atoms with Crippen LogP contribution in [0, 0.1) is 6.92 Å². The van der Waals surface area contributed by atoms with Gasteiger partial charge in [0.25, 0.3) is 0 Å². The summed E-state index contributed by atoms with van der Waals surface area (Å²) in [5, 5.41) is 3.78. The van der Waals surface area contributed by atoms with E-state index in [-0.39, 0.29) is 11.7 Å². The molecule has 1 aliphatic heterocycles. The summed E-state index contributed by atoms with van der Waals surface area (Å²) >= 11 is 0. The van der Waals surface area contributed by atoms with Gasteiger partial charge in [-0.15, -0.1) is 13.2 Å². The SMILES string of the molecule is Cc1cc(N2CCN(C(C)C)CC2)nc2ccc(NC(=O)/C=C/c3ccc(OC(F)(F)F)cc3)cc12. The van der Waals surface area contributed by atoms with Gasteiger partial charge in [-0.25, -0.2) is 4.98 Å². The second-order valence-electron chi connectivity index (χ2n) is 9.09. The van der Waals surface area contributed by atoms with Crippen molar-refractivity contribution in [1.82, 2.24) is 9.88 Å². The van der Waals surface area contributed by atoms with Gasteiger partial charge in [-0.05, 0) is 74.4 Å². The van der Waals surface area contributed by atoms with Crippen molar-refractivity contribution in [2.45, 2.75) is 33.2 Å². The van der Waals surface area contributed by atoms with Crippen LogP contribution in [0.4, 0.5) is 24.7 Å². The van der Waals surface area contributed by atoms with Crippen LogP contribution in [0.25, 0.3) is 17.0 Å². The molecule has 36 heavy (non-hydrogen) atoms. The number of nitrogens with one attached hydrogen (secondary N) is 1. The number of anilines is 2. The molecule has 9 heteroatoms. The Bertz CT molecular complexity index is 1250. The zero-order valence-corrected chi connectivity index (χ0v) is 20.5. The van der Waals surface area contributed by atoms with E-state index in [2.05, 4.69) is 39.8 Å². The van der Waals surface area contributed by atoms with Crippen LogP contribution in [0.3, 0.4) is 0 Å². The maximum Gasteiger partial charge on any atom is 0.573 e. The van der Waals surface area contributed by atoms with Crippen molar-refractivity contribution in [1.29, 1.82) is 0 Å². The summed E-state index contributed by atoms with van der Waals surface area (Å²) in [5.74, 6) is 0.301. The molecule has 3 aromatic rings. The lowest BCUT2D eigenvalue weighted by atomic mass is 10.1. The molecular formula is C27H29F3N4O2. The Hall–Kier alpha value is -3.59. The van der Waals surface area contributed by atoms with E-state index in [9.17, 15) is 18.0 Å². The third-order valence-corrected chi connectivity index (χ3v) is 6.18. The van der Waals surface area contributed by atoms with Crippen molar-refractivity contribution < 1.29 is 22.7 Å². The number of aromatic nitrogens is 1. The van der Waals surface area contributed by atoms with Crippen molar-refractivity contribution in [2.24, 2.45) is 0 Å². The molecule has 190 valence electrons. The Morgan fingerprint density at radius 2 is 1.75 bits per heavy atom. The molecule has 1 N–H and O–H groups in total. The number of hydrogen-bond acceptors (Lipinski definition) is 5. The zero-order valence-electron chi connectivity index (χ0n) is 20.5. The van der Waals surface area contributed by atoms with Crippen molar-refractivity contribution in [3.63, 3.8) is 0 Å². The number of nitrogens with zero attached hydrogens (tertiary/aromatic N) is 3. The summed E-state index contributed by atoms with van der Waals surface area (Å²) in [7, 11) is 0. The Balaban J connectivity index is 1.40. The van der Waals surface area contributed by atoms with Gasteiger partial charge in [0.2, 0.25) is 5.91 Å². The first-order valence-electron chi connectivity index (χ1n) is 11.8. The molecule has 1 aliphatic rings. The molecule has 0 unspecified atom stereocenters. The van der Waals surface area contributed by atoms with Gasteiger partial charge in [-0.1, -0.05) is 12.1 Å². The van der Waals surface area contributed by atoms with Gasteiger partial charge in [0.15, 0.2) is 0 Å². The first-order chi connectivity index (χ1) is 17.1. The third-order valence-electron chi connectivity index (χ3n) is 6.18. The number of piperazine rings is 1. The number of alkyl halides is 3. The molecular weight excluding hydrogens is 469 g/mol. The van der Waals surface area contributed by atoms with Crippen LogP contribution in [0.15, 0.2) is 54.6 Å². The number of carbonyl (C=O) groups excluding carboxylic acids is 1. The number of halogens is 3. The fourth-order valence-corrected chi connectivity index (χ4v) is 4.22. The fourth-order valence-electron chi connectivity index (χ4n) is 4.22. The number of ether oxygens (including phenoxy) is 1. The number of amides is 1. The number of pyridine rings is 1. The van der Waals surface area contributed by atoms with Crippen molar-refractivity contribution in [3.05, 3.63) is 65.7 Å². The van der Waals surface area contributed by atoms with E-state index in [1.807, 2.05) is 25.1 Å². The summed E-state index contributed by atoms with van der Waals surface area (Å²) in [6.07, 6.45) is -1.89. The molecule has 0 aliphatic carbocycles. The maximum atomic E-state index is 12.4. The highest BCUT2D eigenvalue weighted by Gasteiger charge is 2.30. The minimum atomic E-state index is -4.74. The fraction of sp³-hybridized carbons (Fsp3) is 0.333. The summed E-state index contributed by atoms with van der Waals surface area (Å²) in [6.45, 7) is 10.4. The monoisotopic (exact) mass is 498 g/mol. The van der Waals surface area contributed by atoms with E-state index >= 15 is 0 Å². The van der Waals surface area contributed by atoms with Crippen molar-refractivity contribution >= 4 is 34.4 Å². The lowest BCUT2D eigenvalue weighted by Gasteiger charge is -2.37. The second-order valence-corrected chi connectivity index (χ2v) is 9.09. The molecule has 1 aromatic heterocycles. The van der Waals surface area contributed by atoms with Crippen LogP contribution in [0.1, 0.15) is 25.0 Å². The number of aryl methyl sites for hydroxylation is 1. The highest BCUT2D eigenvalue weighted by atomic mass is 19.4. The molecule has 4 rings (SSSR count). The van der Waals surface area contributed by atoms with Crippen LogP contribution in [0.2, 0.25) is 0 Å². The van der Waals surface area contributed by atoms with E-state index in [0.717, 1.165) is 48.5 Å². The van der Waals surface area contributed by atoms with Gasteiger partial charge in [0.1, 0.15) is 11.6 Å². The van der Waals surface area contributed by atoms with Crippen molar-refractivity contribution in [2.75, 3.05) is 36.4 Å². The number of rotatable bonds is 6. The first kappa shape index (κ1) is 25.5. The predicted octanol–water partition coefficient (Wildman–Crippen LogP) is 5.62. The van der Waals surface area contributed by atoms with Crippen LogP contribution in [-0.2, 0) is 4.79 Å². The first-order valence-corrected chi connectivity index (χ1v) is 11.8. The van der Waals surface area contributed by atoms with Gasteiger partial charge >= 0.3 is 6.36 Å². The Kier molecular flexibility index (Phi) is 7.49. The number of fused-ring (bicyclic) bond motifs is 1. The maximum absolute atomic E-state index is 12.4. The zero-order chi connectivity index (χ0) is 25.9. The minimum absolute atomic E-state index is 0.315. The molecule has 1 fully saturated rings. The molecule has 6 nitrogen and oxygen atoms in total.